The Morgan fingerprint density at radius 1 is 0.733 bits per heavy atom. The number of aromatic amines is 1. The molecule has 2 aromatic rings. The summed E-state index contributed by atoms with van der Waals surface area (Å²) in [4.78, 5) is 108. The number of carbonyl (C=O) groups is 7. The minimum absolute atomic E-state index is 0.0176. The molecule has 6 aliphatic heterocycles. The van der Waals surface area contributed by atoms with Crippen molar-refractivity contribution in [3.63, 3.8) is 0 Å². The molecular formula is C62H97N13O14P+. The molecule has 5 saturated heterocycles. The molecule has 3 unspecified atom stereocenters. The lowest BCUT2D eigenvalue weighted by molar-refractivity contribution is -0.743. The Morgan fingerprint density at radius 2 is 1.31 bits per heavy atom. The van der Waals surface area contributed by atoms with E-state index >= 15 is 0 Å². The van der Waals surface area contributed by atoms with Crippen LogP contribution in [0.2, 0.25) is 0 Å². The van der Waals surface area contributed by atoms with E-state index in [1.165, 1.54) is 6.92 Å². The molecule has 28 heteroatoms. The average molecular weight is 1280 g/mol. The summed E-state index contributed by atoms with van der Waals surface area (Å²) in [6, 6.07) is 1.26. The van der Waals surface area contributed by atoms with E-state index in [2.05, 4.69) is 51.5 Å². The van der Waals surface area contributed by atoms with Gasteiger partial charge in [-0.3, -0.25) is 42.6 Å². The number of aryl methyl sites for hydroxylation is 2. The molecule has 0 radical (unpaired) electrons. The number of nitrogens with zero attached hydrogens (tertiary/aromatic N) is 1. The fourth-order valence-corrected chi connectivity index (χ4v) is 17.9. The van der Waals surface area contributed by atoms with Gasteiger partial charge in [-0.25, -0.2) is 9.55 Å². The number of aliphatic hydroxyl groups is 2. The zero-order valence-corrected chi connectivity index (χ0v) is 54.6. The van der Waals surface area contributed by atoms with E-state index in [-0.39, 0.29) is 76.7 Å². The second-order valence-corrected chi connectivity index (χ2v) is 29.3. The summed E-state index contributed by atoms with van der Waals surface area (Å²) in [5.74, 6) is -6.18. The van der Waals surface area contributed by atoms with Crippen LogP contribution in [-0.4, -0.2) is 129 Å². The van der Waals surface area contributed by atoms with Crippen LogP contribution >= 0.6 is 7.82 Å². The first kappa shape index (κ1) is 69.4. The number of nitrogens with one attached hydrogen (secondary N) is 6. The first-order valence-corrected chi connectivity index (χ1v) is 32.7. The van der Waals surface area contributed by atoms with Crippen molar-refractivity contribution in [1.82, 2.24) is 31.6 Å². The second kappa shape index (κ2) is 25.9. The first-order valence-electron chi connectivity index (χ1n) is 31.2. The van der Waals surface area contributed by atoms with E-state index in [0.717, 1.165) is 33.5 Å². The van der Waals surface area contributed by atoms with Crippen LogP contribution in [0.1, 0.15) is 150 Å². The number of fused-ring (bicyclic) bond motifs is 10. The number of primary amides is 6. The van der Waals surface area contributed by atoms with Crippen LogP contribution in [0.4, 0.5) is 0 Å². The Bertz CT molecular complexity index is 3330. The molecule has 21 N–H and O–H groups in total. The SMILES string of the molecule is C/C1=C2/N[C@H]([C@H](CC(N)=O)[C@@]2(C)CCC(=O)NC[C@@H](C)OP(=O)(O)O[C@H]2[C@@H](O)[C@@H]([n+]3c[nH]c4cc(C)c(C)cc43)O[C@@H]2CO)[C@]2(C)NC(/C(C)=C3\N[C@H](/C=C4\NC1[C@@H](CCC(N)=O)C4(C)C)[C@@H](CCC(N)=O)[C@]3(C)CC(N)=O)[C@@H](CCC(N)=O)[C@]2(C)CC(N)=O. The van der Waals surface area contributed by atoms with Gasteiger partial charge in [-0.2, -0.15) is 4.57 Å². The number of aliphatic hydroxyl groups excluding tert-OH is 2. The highest BCUT2D eigenvalue weighted by molar-refractivity contribution is 7.47. The summed E-state index contributed by atoms with van der Waals surface area (Å²) in [5.41, 5.74) is 38.1. The largest absolute Gasteiger partial charge is 0.472 e. The number of hydrogen-bond acceptors (Lipinski definition) is 17. The number of amides is 7. The van der Waals surface area contributed by atoms with Crippen LogP contribution in [0.15, 0.2) is 52.8 Å². The highest BCUT2D eigenvalue weighted by atomic mass is 31.2. The van der Waals surface area contributed by atoms with Crippen LogP contribution in [0.25, 0.3) is 11.0 Å². The van der Waals surface area contributed by atoms with Crippen LogP contribution < -0.4 is 65.6 Å². The van der Waals surface area contributed by atoms with Gasteiger partial charge in [0.25, 0.3) is 0 Å². The van der Waals surface area contributed by atoms with Gasteiger partial charge in [0, 0.05) is 120 Å². The topological polar surface area (TPSA) is 461 Å². The number of allylic oxidation sites excluding steroid dienone is 3. The van der Waals surface area contributed by atoms with Crippen molar-refractivity contribution in [2.75, 3.05) is 13.2 Å². The number of ether oxygens (including phenoxy) is 1. The smallest absolute Gasteiger partial charge is 0.394 e. The number of benzene rings is 1. The quantitative estimate of drug-likeness (QED) is 0.0464. The van der Waals surface area contributed by atoms with Gasteiger partial charge in [0.2, 0.25) is 53.9 Å². The molecule has 90 heavy (non-hydrogen) atoms. The standard InChI is InChI=1S/C62H96N13O14P/c1-29-20-39-40(21-30(29)2)75(28-70-39)57-52(84)53(41(27-76)87-57)89-90(85,86)88-31(3)26-69-49(83)18-19-59(8)37(22-46(66)80)56-62(11)61(10,25-48(68)82)36(14-17-45(65)79)51(74-62)33(5)55-60(9,24-47(67)81)34(12-15-43(63)77)38(71-55)23-42-58(6,7)35(13-16-44(64)78)50(72-42)32(4)54(59)73-56/h20-21,23,28,31,34-38,41,50-53,56-57,71-74,76,84H,12-19,22,24-27H2,1-11H3,(H14,63,64,65,66,67,68,69,77,78,79,80,81,82,83,85,86)/p+1/b42-23-,54-32-,55-33-/t31-,34-,35-,36-,37+,38-,41-,50?,51?,52-,53-,56-,57+,59-,60+,61+,62+/m1/s1. The van der Waals surface area contributed by atoms with Crippen LogP contribution in [0.3, 0.4) is 0 Å². The lowest BCUT2D eigenvalue weighted by atomic mass is 9.56. The molecule has 1 aromatic carbocycles. The normalized spacial score (nSPS) is 36.7. The minimum Gasteiger partial charge on any atom is -0.394 e. The Kier molecular flexibility index (Phi) is 20.0. The molecule has 0 saturated carbocycles. The number of carbonyl (C=O) groups excluding carboxylic acids is 7. The van der Waals surface area contributed by atoms with Crippen molar-refractivity contribution in [2.45, 2.75) is 207 Å². The molecule has 8 rings (SSSR count). The molecule has 7 amide bonds. The van der Waals surface area contributed by atoms with Crippen molar-refractivity contribution >= 4 is 60.2 Å². The number of rotatable bonds is 26. The Balaban J connectivity index is 1.18. The number of phosphoric ester groups is 1. The number of phosphoric acid groups is 1. The van der Waals surface area contributed by atoms with E-state index in [0.29, 0.717) is 23.3 Å². The van der Waals surface area contributed by atoms with Crippen molar-refractivity contribution in [1.29, 1.82) is 0 Å². The molecule has 498 valence electrons. The molecule has 27 nitrogen and oxygen atoms in total. The van der Waals surface area contributed by atoms with Gasteiger partial charge < -0.3 is 80.8 Å². The lowest BCUT2D eigenvalue weighted by Crippen LogP contribution is -2.64. The Morgan fingerprint density at radius 3 is 1.90 bits per heavy atom. The van der Waals surface area contributed by atoms with Crippen molar-refractivity contribution < 1.29 is 71.6 Å². The summed E-state index contributed by atoms with van der Waals surface area (Å²) >= 11 is 0. The summed E-state index contributed by atoms with van der Waals surface area (Å²) in [5, 5.41) is 40.2. The van der Waals surface area contributed by atoms with Gasteiger partial charge in [-0.1, -0.05) is 34.6 Å². The molecule has 8 bridgehead atoms. The van der Waals surface area contributed by atoms with Crippen LogP contribution in [-0.2, 0) is 51.9 Å². The summed E-state index contributed by atoms with van der Waals surface area (Å²) in [6.07, 6.45) is -2.93. The van der Waals surface area contributed by atoms with Gasteiger partial charge >= 0.3 is 7.82 Å². The van der Waals surface area contributed by atoms with E-state index < -0.39 is 156 Å². The Labute approximate surface area is 525 Å². The number of nitrogens with two attached hydrogens (primary N) is 6. The maximum atomic E-state index is 14.4. The van der Waals surface area contributed by atoms with E-state index in [4.69, 9.17) is 48.2 Å². The van der Waals surface area contributed by atoms with E-state index in [1.807, 2.05) is 67.5 Å². The Hall–Kier alpha value is -6.45. The number of H-pyrrole nitrogens is 1. The fourth-order valence-electron chi connectivity index (χ4n) is 16.7. The maximum absolute atomic E-state index is 14.4. The van der Waals surface area contributed by atoms with Gasteiger partial charge in [-0.15, -0.1) is 0 Å². The molecule has 0 spiro atoms. The second-order valence-electron chi connectivity index (χ2n) is 27.9. The van der Waals surface area contributed by atoms with Crippen LogP contribution in [0, 0.1) is 59.2 Å². The molecule has 1 aromatic heterocycles. The third kappa shape index (κ3) is 13.2. The summed E-state index contributed by atoms with van der Waals surface area (Å²) in [7, 11) is -5.04. The first-order chi connectivity index (χ1) is 41.8. The van der Waals surface area contributed by atoms with Gasteiger partial charge in [0.05, 0.1) is 18.8 Å². The third-order valence-electron chi connectivity index (χ3n) is 21.8. The summed E-state index contributed by atoms with van der Waals surface area (Å²) in [6.45, 7) is 20.1. The van der Waals surface area contributed by atoms with E-state index in [1.54, 1.807) is 10.9 Å². The van der Waals surface area contributed by atoms with Gasteiger partial charge in [-0.05, 0) is 125 Å². The van der Waals surface area contributed by atoms with Crippen molar-refractivity contribution in [3.05, 3.63) is 63.9 Å². The average Bonchev–Trinajstić information content (AvgIpc) is 1.53. The molecule has 6 aliphatic rings. The zero-order chi connectivity index (χ0) is 66.7. The monoisotopic (exact) mass is 1280 g/mol. The predicted molar refractivity (Wildman–Crippen MR) is 331 cm³/mol. The molecule has 7 heterocycles. The third-order valence-corrected chi connectivity index (χ3v) is 22.9. The minimum atomic E-state index is -5.04. The lowest BCUT2D eigenvalue weighted by Gasteiger charge is -2.49. The van der Waals surface area contributed by atoms with Crippen molar-refractivity contribution in [3.8, 4) is 0 Å². The van der Waals surface area contributed by atoms with Gasteiger partial charge in [0.15, 0.2) is 11.0 Å². The van der Waals surface area contributed by atoms with Crippen molar-refractivity contribution in [2.24, 2.45) is 79.7 Å². The fraction of sp³-hybridized carbons (Fsp3) is 0.677. The summed E-state index contributed by atoms with van der Waals surface area (Å²) < 4.78 is 32.4. The highest BCUT2D eigenvalue weighted by Crippen LogP contribution is 2.62. The molecule has 0 aliphatic carbocycles. The number of imidazole rings is 1. The maximum Gasteiger partial charge on any atom is 0.472 e. The zero-order valence-electron chi connectivity index (χ0n) is 53.7. The molecule has 5 fully saturated rings. The van der Waals surface area contributed by atoms with Crippen LogP contribution in [0.5, 0.6) is 0 Å². The van der Waals surface area contributed by atoms with Gasteiger partial charge in [0.1, 0.15) is 18.3 Å². The highest BCUT2D eigenvalue weighted by Gasteiger charge is 2.68. The number of hydrogen-bond donors (Lipinski definition) is 15. The molecule has 18 atom stereocenters. The number of aromatic nitrogens is 2. The predicted octanol–water partition coefficient (Wildman–Crippen LogP) is 1.13. The molecular weight excluding hydrogens is 1180 g/mol. The van der Waals surface area contributed by atoms with E-state index in [9.17, 15) is 53.2 Å².